The predicted molar refractivity (Wildman–Crippen MR) is 101 cm³/mol. The van der Waals surface area contributed by atoms with Gasteiger partial charge in [0, 0.05) is 37.6 Å². The van der Waals surface area contributed by atoms with Crippen molar-refractivity contribution in [3.05, 3.63) is 0 Å². The van der Waals surface area contributed by atoms with Crippen molar-refractivity contribution >= 4 is 0 Å². The molecule has 3 heterocycles. The number of ether oxygens (including phenoxy) is 1. The molecule has 0 aromatic carbocycles. The van der Waals surface area contributed by atoms with Crippen molar-refractivity contribution < 1.29 is 13.5 Å². The quantitative estimate of drug-likeness (QED) is 0.584. The van der Waals surface area contributed by atoms with Crippen molar-refractivity contribution in [3.8, 4) is 0 Å². The Kier molecular flexibility index (Phi) is 6.34. The molecule has 4 rings (SSSR count). The largest absolute Gasteiger partial charge is 0.377 e. The van der Waals surface area contributed by atoms with Crippen molar-refractivity contribution in [1.29, 1.82) is 0 Å². The van der Waals surface area contributed by atoms with Crippen LogP contribution in [0, 0.1) is 23.7 Å². The molecule has 3 aliphatic heterocycles. The average Bonchev–Trinajstić information content (AvgIpc) is 3.19. The topological polar surface area (TPSA) is 57.3 Å². The Hall–Kier alpha value is -0.340. The lowest BCUT2D eigenvalue weighted by molar-refractivity contribution is -0.0649. The van der Waals surface area contributed by atoms with Gasteiger partial charge in [0.25, 0.3) is 0 Å². The molecule has 156 valence electrons. The summed E-state index contributed by atoms with van der Waals surface area (Å²) in [5.74, 6) is -1.34. The highest BCUT2D eigenvalue weighted by Crippen LogP contribution is 2.42. The van der Waals surface area contributed by atoms with E-state index in [1.807, 2.05) is 0 Å². The van der Waals surface area contributed by atoms with Crippen molar-refractivity contribution in [3.63, 3.8) is 0 Å². The second kappa shape index (κ2) is 8.57. The molecule has 1 saturated carbocycles. The summed E-state index contributed by atoms with van der Waals surface area (Å²) in [6, 6.07) is 0.393. The molecule has 1 aliphatic carbocycles. The number of hydrogen-bond donors (Lipinski definition) is 4. The third-order valence-corrected chi connectivity index (χ3v) is 7.47. The van der Waals surface area contributed by atoms with Crippen LogP contribution in [0.15, 0.2) is 0 Å². The SMILES string of the molecule is CC(F)(F)C1CCC(C2NNC(NC[C@H]3CCCO3)C3CNCCC32)CC1. The van der Waals surface area contributed by atoms with Crippen LogP contribution in [0.5, 0.6) is 0 Å². The first-order chi connectivity index (χ1) is 13.0. The van der Waals surface area contributed by atoms with Gasteiger partial charge in [0.05, 0.1) is 12.3 Å². The van der Waals surface area contributed by atoms with E-state index in [2.05, 4.69) is 21.5 Å². The van der Waals surface area contributed by atoms with E-state index < -0.39 is 11.8 Å². The smallest absolute Gasteiger partial charge is 0.248 e. The highest BCUT2D eigenvalue weighted by atomic mass is 19.3. The van der Waals surface area contributed by atoms with Crippen LogP contribution in [0.2, 0.25) is 0 Å². The zero-order valence-electron chi connectivity index (χ0n) is 16.5. The van der Waals surface area contributed by atoms with Crippen LogP contribution < -0.4 is 21.5 Å². The molecule has 0 radical (unpaired) electrons. The summed E-state index contributed by atoms with van der Waals surface area (Å²) < 4.78 is 33.1. The Morgan fingerprint density at radius 3 is 2.56 bits per heavy atom. The van der Waals surface area contributed by atoms with Crippen molar-refractivity contribution in [2.24, 2.45) is 23.7 Å². The van der Waals surface area contributed by atoms with Gasteiger partial charge in [-0.15, -0.1) is 0 Å². The zero-order valence-corrected chi connectivity index (χ0v) is 16.5. The van der Waals surface area contributed by atoms with Crippen molar-refractivity contribution in [2.75, 3.05) is 26.2 Å². The number of halogens is 2. The summed E-state index contributed by atoms with van der Waals surface area (Å²) in [5, 5.41) is 7.23. The average molecular weight is 387 g/mol. The van der Waals surface area contributed by atoms with E-state index in [-0.39, 0.29) is 6.17 Å². The van der Waals surface area contributed by atoms with E-state index in [1.165, 1.54) is 0 Å². The highest BCUT2D eigenvalue weighted by Gasteiger charge is 2.45. The molecule has 4 N–H and O–H groups in total. The minimum Gasteiger partial charge on any atom is -0.377 e. The third kappa shape index (κ3) is 4.64. The minimum atomic E-state index is -2.53. The van der Waals surface area contributed by atoms with Crippen LogP contribution in [0.25, 0.3) is 0 Å². The maximum absolute atomic E-state index is 13.7. The predicted octanol–water partition coefficient (Wildman–Crippen LogP) is 2.24. The Morgan fingerprint density at radius 1 is 1.04 bits per heavy atom. The van der Waals surface area contributed by atoms with E-state index >= 15 is 0 Å². The van der Waals surface area contributed by atoms with E-state index in [0.29, 0.717) is 42.7 Å². The van der Waals surface area contributed by atoms with Gasteiger partial charge in [-0.05, 0) is 70.3 Å². The first-order valence-electron chi connectivity index (χ1n) is 11.0. The van der Waals surface area contributed by atoms with Crippen LogP contribution >= 0.6 is 0 Å². The standard InChI is InChI=1S/C20H36F2N4O/c1-20(21,22)14-6-4-13(5-7-14)18-16-8-9-23-12-17(16)19(26-25-18)24-11-15-3-2-10-27-15/h13-19,23-26H,2-12H2,1H3/t13?,14?,15-,16?,17?,18?,19?/m1/s1. The number of piperidine rings is 1. The molecule has 4 unspecified atom stereocenters. The lowest BCUT2D eigenvalue weighted by Gasteiger charge is -2.50. The molecule has 0 amide bonds. The van der Waals surface area contributed by atoms with Gasteiger partial charge in [0.2, 0.25) is 5.92 Å². The number of hydrazine groups is 1. The summed E-state index contributed by atoms with van der Waals surface area (Å²) in [6.07, 6.45) is 7.18. The maximum Gasteiger partial charge on any atom is 0.248 e. The molecule has 0 bridgehead atoms. The molecule has 0 spiro atoms. The molecular weight excluding hydrogens is 350 g/mol. The molecular formula is C20H36F2N4O. The molecule has 3 saturated heterocycles. The van der Waals surface area contributed by atoms with Gasteiger partial charge in [-0.3, -0.25) is 10.7 Å². The second-order valence-corrected chi connectivity index (χ2v) is 9.22. The number of rotatable bonds is 5. The van der Waals surface area contributed by atoms with Gasteiger partial charge in [0.15, 0.2) is 0 Å². The van der Waals surface area contributed by atoms with Crippen LogP contribution in [-0.2, 0) is 4.74 Å². The second-order valence-electron chi connectivity index (χ2n) is 9.22. The van der Waals surface area contributed by atoms with E-state index in [1.54, 1.807) is 0 Å². The third-order valence-electron chi connectivity index (χ3n) is 7.47. The summed E-state index contributed by atoms with van der Waals surface area (Å²) in [6.45, 7) is 4.94. The number of nitrogens with one attached hydrogen (secondary N) is 4. The lowest BCUT2D eigenvalue weighted by Crippen LogP contribution is -2.70. The molecule has 7 heteroatoms. The van der Waals surface area contributed by atoms with Crippen molar-refractivity contribution in [1.82, 2.24) is 21.5 Å². The van der Waals surface area contributed by atoms with Gasteiger partial charge in [0.1, 0.15) is 0 Å². The Bertz CT molecular complexity index is 475. The fourth-order valence-electron chi connectivity index (χ4n) is 5.83. The summed E-state index contributed by atoms with van der Waals surface area (Å²) in [5.41, 5.74) is 7.12. The lowest BCUT2D eigenvalue weighted by atomic mass is 9.68. The molecule has 0 aromatic rings. The Labute approximate surface area is 161 Å². The van der Waals surface area contributed by atoms with Gasteiger partial charge in [-0.2, -0.15) is 0 Å². The van der Waals surface area contributed by atoms with Gasteiger partial charge in [-0.1, -0.05) is 0 Å². The molecule has 5 atom stereocenters. The first kappa shape index (κ1) is 20.0. The van der Waals surface area contributed by atoms with Gasteiger partial charge < -0.3 is 10.1 Å². The Morgan fingerprint density at radius 2 is 1.85 bits per heavy atom. The van der Waals surface area contributed by atoms with Crippen molar-refractivity contribution in [2.45, 2.75) is 76.1 Å². The maximum atomic E-state index is 13.7. The van der Waals surface area contributed by atoms with Gasteiger partial charge in [-0.25, -0.2) is 14.2 Å². The summed E-state index contributed by atoms with van der Waals surface area (Å²) in [4.78, 5) is 0. The number of hydrogen-bond acceptors (Lipinski definition) is 5. The molecule has 27 heavy (non-hydrogen) atoms. The van der Waals surface area contributed by atoms with Crippen LogP contribution in [0.1, 0.15) is 51.9 Å². The molecule has 4 aliphatic rings. The fraction of sp³-hybridized carbons (Fsp3) is 1.00. The minimum absolute atomic E-state index is 0.236. The molecule has 5 nitrogen and oxygen atoms in total. The van der Waals surface area contributed by atoms with E-state index in [4.69, 9.17) is 4.74 Å². The van der Waals surface area contributed by atoms with Crippen LogP contribution in [0.3, 0.4) is 0 Å². The van der Waals surface area contributed by atoms with Gasteiger partial charge >= 0.3 is 0 Å². The zero-order chi connectivity index (χ0) is 18.9. The number of fused-ring (bicyclic) bond motifs is 1. The normalized spacial score (nSPS) is 43.4. The molecule has 4 fully saturated rings. The summed E-state index contributed by atoms with van der Waals surface area (Å²) >= 11 is 0. The van der Waals surface area contributed by atoms with E-state index in [9.17, 15) is 8.78 Å². The number of alkyl halides is 2. The summed E-state index contributed by atoms with van der Waals surface area (Å²) in [7, 11) is 0. The Balaban J connectivity index is 1.34. The first-order valence-corrected chi connectivity index (χ1v) is 11.0. The molecule has 0 aromatic heterocycles. The highest BCUT2D eigenvalue weighted by molar-refractivity contribution is 4.98. The van der Waals surface area contributed by atoms with E-state index in [0.717, 1.165) is 65.3 Å². The van der Waals surface area contributed by atoms with Crippen LogP contribution in [-0.4, -0.2) is 50.5 Å². The monoisotopic (exact) mass is 386 g/mol. The van der Waals surface area contributed by atoms with Crippen LogP contribution in [0.4, 0.5) is 8.78 Å². The fourth-order valence-corrected chi connectivity index (χ4v) is 5.83.